The first kappa shape index (κ1) is 23.3. The van der Waals surface area contributed by atoms with Gasteiger partial charge < -0.3 is 4.90 Å². The van der Waals surface area contributed by atoms with Crippen molar-refractivity contribution in [2.24, 2.45) is 0 Å². The number of hydrogen-bond acceptors (Lipinski definition) is 6. The Balaban J connectivity index is 1.46. The second-order valence-electron chi connectivity index (χ2n) is 8.48. The van der Waals surface area contributed by atoms with Crippen LogP contribution in [-0.2, 0) is 16.6 Å². The lowest BCUT2D eigenvalue weighted by Gasteiger charge is -2.33. The maximum Gasteiger partial charge on any atom is 0.265 e. The van der Waals surface area contributed by atoms with E-state index in [0.717, 1.165) is 5.56 Å². The molecule has 0 radical (unpaired) electrons. The standard InChI is InChI=1S/C25H23F2N5O2S/c26-25(27)12-5-13-32(16-25)24-23-22(28-17-29-24)11-10-21(31-23)19-8-4-9-20(14-19)35(33,34)30-15-18-6-2-1-3-7-18/h1-4,6-11,14,17,30H,5,12-13,15-16H2. The summed E-state index contributed by atoms with van der Waals surface area (Å²) in [6, 6.07) is 19.2. The number of rotatable bonds is 6. The Labute approximate surface area is 201 Å². The van der Waals surface area contributed by atoms with Crippen molar-refractivity contribution in [1.29, 1.82) is 0 Å². The van der Waals surface area contributed by atoms with Crippen LogP contribution >= 0.6 is 0 Å². The summed E-state index contributed by atoms with van der Waals surface area (Å²) in [6.45, 7) is 0.197. The van der Waals surface area contributed by atoms with Crippen LogP contribution < -0.4 is 9.62 Å². The maximum absolute atomic E-state index is 14.0. The molecular formula is C25H23F2N5O2S. The van der Waals surface area contributed by atoms with Gasteiger partial charge in [0, 0.05) is 25.1 Å². The molecule has 2 aromatic carbocycles. The third-order valence-electron chi connectivity index (χ3n) is 5.90. The number of sulfonamides is 1. The third kappa shape index (κ3) is 5.13. The zero-order valence-corrected chi connectivity index (χ0v) is 19.5. The molecule has 1 aliphatic rings. The number of anilines is 1. The smallest absolute Gasteiger partial charge is 0.265 e. The fraction of sp³-hybridized carbons (Fsp3) is 0.240. The van der Waals surface area contributed by atoms with E-state index in [-0.39, 0.29) is 17.9 Å². The maximum atomic E-state index is 14.0. The molecule has 35 heavy (non-hydrogen) atoms. The van der Waals surface area contributed by atoms with Crippen LogP contribution in [0.2, 0.25) is 0 Å². The van der Waals surface area contributed by atoms with Crippen LogP contribution in [0.4, 0.5) is 14.6 Å². The summed E-state index contributed by atoms with van der Waals surface area (Å²) in [5.41, 5.74) is 2.85. The predicted octanol–water partition coefficient (Wildman–Crippen LogP) is 4.41. The van der Waals surface area contributed by atoms with Gasteiger partial charge in [0.05, 0.1) is 22.7 Å². The van der Waals surface area contributed by atoms with Gasteiger partial charge in [0.15, 0.2) is 5.82 Å². The number of nitrogens with zero attached hydrogens (tertiary/aromatic N) is 4. The Morgan fingerprint density at radius 2 is 1.83 bits per heavy atom. The monoisotopic (exact) mass is 495 g/mol. The minimum Gasteiger partial charge on any atom is -0.349 e. The lowest BCUT2D eigenvalue weighted by atomic mass is 10.1. The number of benzene rings is 2. The van der Waals surface area contributed by atoms with Crippen LogP contribution in [0, 0.1) is 0 Å². The van der Waals surface area contributed by atoms with Crippen LogP contribution in [-0.4, -0.2) is 42.4 Å². The summed E-state index contributed by atoms with van der Waals surface area (Å²) in [4.78, 5) is 14.8. The summed E-state index contributed by atoms with van der Waals surface area (Å²) in [6.07, 6.45) is 1.55. The van der Waals surface area contributed by atoms with Crippen LogP contribution in [0.15, 0.2) is 78.0 Å². The molecule has 1 aliphatic heterocycles. The fourth-order valence-electron chi connectivity index (χ4n) is 4.15. The van der Waals surface area contributed by atoms with Crippen molar-refractivity contribution in [3.8, 4) is 11.3 Å². The average molecular weight is 496 g/mol. The number of alkyl halides is 2. The normalized spacial score (nSPS) is 15.9. The first-order chi connectivity index (χ1) is 16.8. The molecule has 0 spiro atoms. The summed E-state index contributed by atoms with van der Waals surface area (Å²) < 4.78 is 56.5. The molecule has 7 nitrogen and oxygen atoms in total. The molecule has 3 heterocycles. The molecule has 1 saturated heterocycles. The molecule has 0 bridgehead atoms. The zero-order chi connectivity index (χ0) is 24.5. The van der Waals surface area contributed by atoms with E-state index in [4.69, 9.17) is 0 Å². The van der Waals surface area contributed by atoms with Gasteiger partial charge in [0.25, 0.3) is 5.92 Å². The molecule has 0 amide bonds. The summed E-state index contributed by atoms with van der Waals surface area (Å²) in [5, 5.41) is 0. The zero-order valence-electron chi connectivity index (χ0n) is 18.7. The van der Waals surface area contributed by atoms with Crippen molar-refractivity contribution >= 4 is 26.9 Å². The summed E-state index contributed by atoms with van der Waals surface area (Å²) in [7, 11) is -3.76. The molecule has 0 aliphatic carbocycles. The molecule has 4 aromatic rings. The van der Waals surface area contributed by atoms with E-state index >= 15 is 0 Å². The predicted molar refractivity (Wildman–Crippen MR) is 130 cm³/mol. The quantitative estimate of drug-likeness (QED) is 0.427. The third-order valence-corrected chi connectivity index (χ3v) is 7.30. The number of hydrogen-bond donors (Lipinski definition) is 1. The van der Waals surface area contributed by atoms with Crippen molar-refractivity contribution in [2.75, 3.05) is 18.0 Å². The number of nitrogens with one attached hydrogen (secondary N) is 1. The van der Waals surface area contributed by atoms with E-state index in [1.165, 1.54) is 12.4 Å². The van der Waals surface area contributed by atoms with Gasteiger partial charge in [-0.3, -0.25) is 0 Å². The van der Waals surface area contributed by atoms with Gasteiger partial charge in [-0.05, 0) is 36.2 Å². The lowest BCUT2D eigenvalue weighted by Crippen LogP contribution is -2.43. The Bertz CT molecular complexity index is 1470. The molecule has 5 rings (SSSR count). The van der Waals surface area contributed by atoms with E-state index in [1.807, 2.05) is 30.3 Å². The number of pyridine rings is 1. The van der Waals surface area contributed by atoms with Crippen molar-refractivity contribution in [2.45, 2.75) is 30.2 Å². The first-order valence-corrected chi connectivity index (χ1v) is 12.7. The minimum atomic E-state index is -3.76. The van der Waals surface area contributed by atoms with E-state index in [1.54, 1.807) is 35.2 Å². The molecule has 1 fully saturated rings. The molecule has 0 atom stereocenters. The van der Waals surface area contributed by atoms with Crippen LogP contribution in [0.1, 0.15) is 18.4 Å². The Morgan fingerprint density at radius 3 is 2.63 bits per heavy atom. The van der Waals surface area contributed by atoms with Crippen molar-refractivity contribution in [3.05, 3.63) is 78.6 Å². The van der Waals surface area contributed by atoms with E-state index in [2.05, 4.69) is 19.7 Å². The van der Waals surface area contributed by atoms with Gasteiger partial charge in [0.1, 0.15) is 11.8 Å². The van der Waals surface area contributed by atoms with Gasteiger partial charge in [-0.25, -0.2) is 36.9 Å². The number of piperidine rings is 1. The molecule has 0 unspecified atom stereocenters. The van der Waals surface area contributed by atoms with Crippen LogP contribution in [0.5, 0.6) is 0 Å². The summed E-state index contributed by atoms with van der Waals surface area (Å²) >= 11 is 0. The fourth-order valence-corrected chi connectivity index (χ4v) is 5.21. The summed E-state index contributed by atoms with van der Waals surface area (Å²) in [5.74, 6) is -2.44. The molecule has 2 aromatic heterocycles. The highest BCUT2D eigenvalue weighted by molar-refractivity contribution is 7.89. The molecule has 0 saturated carbocycles. The minimum absolute atomic E-state index is 0.105. The second-order valence-corrected chi connectivity index (χ2v) is 10.2. The Kier molecular flexibility index (Phi) is 6.16. The van der Waals surface area contributed by atoms with Gasteiger partial charge >= 0.3 is 0 Å². The second kappa shape index (κ2) is 9.27. The van der Waals surface area contributed by atoms with Gasteiger partial charge in [0.2, 0.25) is 10.0 Å². The number of halogens is 2. The lowest BCUT2D eigenvalue weighted by molar-refractivity contribution is -0.0118. The molecule has 180 valence electrons. The van der Waals surface area contributed by atoms with Gasteiger partial charge in [-0.1, -0.05) is 42.5 Å². The van der Waals surface area contributed by atoms with Crippen LogP contribution in [0.25, 0.3) is 22.3 Å². The topological polar surface area (TPSA) is 88.1 Å². The van der Waals surface area contributed by atoms with Crippen molar-refractivity contribution in [1.82, 2.24) is 19.7 Å². The first-order valence-electron chi connectivity index (χ1n) is 11.2. The van der Waals surface area contributed by atoms with Gasteiger partial charge in [-0.15, -0.1) is 0 Å². The highest BCUT2D eigenvalue weighted by Gasteiger charge is 2.36. The highest BCUT2D eigenvalue weighted by atomic mass is 32.2. The van der Waals surface area contributed by atoms with Gasteiger partial charge in [-0.2, -0.15) is 0 Å². The largest absolute Gasteiger partial charge is 0.349 e. The van der Waals surface area contributed by atoms with E-state index < -0.39 is 22.5 Å². The number of aromatic nitrogens is 3. The molecule has 10 heteroatoms. The Morgan fingerprint density at radius 1 is 1.00 bits per heavy atom. The van der Waals surface area contributed by atoms with Crippen LogP contribution in [0.3, 0.4) is 0 Å². The van der Waals surface area contributed by atoms with E-state index in [0.29, 0.717) is 41.1 Å². The van der Waals surface area contributed by atoms with Crippen molar-refractivity contribution in [3.63, 3.8) is 0 Å². The molecule has 1 N–H and O–H groups in total. The van der Waals surface area contributed by atoms with Crippen molar-refractivity contribution < 1.29 is 17.2 Å². The average Bonchev–Trinajstić information content (AvgIpc) is 2.87. The van der Waals surface area contributed by atoms with E-state index in [9.17, 15) is 17.2 Å². The SMILES string of the molecule is O=S(=O)(NCc1ccccc1)c1cccc(-c2ccc3ncnc(N4CCCC(F)(F)C4)c3n2)c1. The molecular weight excluding hydrogens is 472 g/mol. The number of fused-ring (bicyclic) bond motifs is 1. The Hall–Kier alpha value is -3.50. The highest BCUT2D eigenvalue weighted by Crippen LogP contribution is 2.32.